The van der Waals surface area contributed by atoms with E-state index in [1.54, 1.807) is 20.8 Å². The minimum absolute atomic E-state index is 0.133. The molecule has 0 saturated carbocycles. The number of hydrogen-bond donors (Lipinski definition) is 0. The molecule has 2 rings (SSSR count). The van der Waals surface area contributed by atoms with Crippen molar-refractivity contribution in [3.8, 4) is 0 Å². The molecule has 1 heterocycles. The van der Waals surface area contributed by atoms with Crippen LogP contribution < -0.4 is 0 Å². The first-order chi connectivity index (χ1) is 13.0. The standard InChI is InChI=1S/C20H29NO6/c1-4-25-17(22)15-13-21-20(18(23)26-5-2,19(24)27-6-3)16-12-10-8-7-9-11-14(15)16/h7-8,13-16H,4-6,9-12H2,1-3H3/b8-7-/t14-,15?,16+/m0/s1. The first-order valence-electron chi connectivity index (χ1n) is 9.74. The van der Waals surface area contributed by atoms with Crippen molar-refractivity contribution in [1.82, 2.24) is 0 Å². The van der Waals surface area contributed by atoms with Crippen molar-refractivity contribution in [2.75, 3.05) is 19.8 Å². The molecule has 1 aliphatic carbocycles. The van der Waals surface area contributed by atoms with E-state index in [2.05, 4.69) is 11.1 Å². The molecule has 7 nitrogen and oxygen atoms in total. The van der Waals surface area contributed by atoms with Gasteiger partial charge in [0.05, 0.1) is 25.7 Å². The summed E-state index contributed by atoms with van der Waals surface area (Å²) in [6.45, 7) is 5.65. The largest absolute Gasteiger partial charge is 0.465 e. The number of rotatable bonds is 6. The molecule has 0 N–H and O–H groups in total. The molecule has 0 spiro atoms. The Morgan fingerprint density at radius 1 is 0.926 bits per heavy atom. The summed E-state index contributed by atoms with van der Waals surface area (Å²) in [6.07, 6.45) is 8.14. The molecular weight excluding hydrogens is 350 g/mol. The Kier molecular flexibility index (Phi) is 7.56. The fourth-order valence-electron chi connectivity index (χ4n) is 4.02. The molecule has 0 bridgehead atoms. The fourth-order valence-corrected chi connectivity index (χ4v) is 4.02. The van der Waals surface area contributed by atoms with Crippen molar-refractivity contribution in [2.45, 2.75) is 52.0 Å². The number of allylic oxidation sites excluding steroid dienone is 2. The van der Waals surface area contributed by atoms with Crippen LogP contribution >= 0.6 is 0 Å². The lowest BCUT2D eigenvalue weighted by Crippen LogP contribution is -2.59. The monoisotopic (exact) mass is 379 g/mol. The Bertz CT molecular complexity index is 594. The van der Waals surface area contributed by atoms with Gasteiger partial charge in [0.2, 0.25) is 0 Å². The van der Waals surface area contributed by atoms with E-state index in [0.29, 0.717) is 19.3 Å². The van der Waals surface area contributed by atoms with E-state index in [4.69, 9.17) is 14.2 Å². The number of ether oxygens (including phenoxy) is 3. The minimum Gasteiger partial charge on any atom is -0.465 e. The summed E-state index contributed by atoms with van der Waals surface area (Å²) in [5, 5.41) is 0. The molecule has 0 aromatic carbocycles. The molecule has 0 aromatic rings. The third kappa shape index (κ3) is 4.22. The second-order valence-corrected chi connectivity index (χ2v) is 6.66. The van der Waals surface area contributed by atoms with Gasteiger partial charge in [-0.3, -0.25) is 9.79 Å². The highest BCUT2D eigenvalue weighted by Gasteiger charge is 2.60. The van der Waals surface area contributed by atoms with Gasteiger partial charge in [-0.25, -0.2) is 9.59 Å². The summed E-state index contributed by atoms with van der Waals surface area (Å²) in [5.41, 5.74) is -1.76. The average molecular weight is 379 g/mol. The summed E-state index contributed by atoms with van der Waals surface area (Å²) in [5.74, 6) is -3.11. The lowest BCUT2D eigenvalue weighted by Gasteiger charge is -2.43. The van der Waals surface area contributed by atoms with Crippen molar-refractivity contribution < 1.29 is 28.6 Å². The first-order valence-corrected chi connectivity index (χ1v) is 9.74. The molecule has 1 unspecified atom stereocenters. The molecule has 0 amide bonds. The van der Waals surface area contributed by atoms with E-state index in [1.807, 2.05) is 6.08 Å². The van der Waals surface area contributed by atoms with Crippen molar-refractivity contribution in [1.29, 1.82) is 0 Å². The molecule has 7 heteroatoms. The molecular formula is C20H29NO6. The molecule has 0 aromatic heterocycles. The van der Waals surface area contributed by atoms with Crippen LogP contribution in [0.4, 0.5) is 0 Å². The van der Waals surface area contributed by atoms with Crippen molar-refractivity contribution in [3.05, 3.63) is 12.2 Å². The number of hydrogen-bond acceptors (Lipinski definition) is 7. The van der Waals surface area contributed by atoms with Gasteiger partial charge in [-0.2, -0.15) is 0 Å². The molecule has 150 valence electrons. The molecule has 0 fully saturated rings. The summed E-state index contributed by atoms with van der Waals surface area (Å²) in [6, 6.07) is 0. The maximum absolute atomic E-state index is 12.9. The Hall–Kier alpha value is -2.18. The second kappa shape index (κ2) is 9.67. The van der Waals surface area contributed by atoms with Crippen molar-refractivity contribution in [3.63, 3.8) is 0 Å². The van der Waals surface area contributed by atoms with Crippen LogP contribution in [-0.2, 0) is 28.6 Å². The quantitative estimate of drug-likeness (QED) is 0.305. The third-order valence-electron chi connectivity index (χ3n) is 5.16. The van der Waals surface area contributed by atoms with E-state index in [-0.39, 0.29) is 31.7 Å². The van der Waals surface area contributed by atoms with E-state index < -0.39 is 29.3 Å². The van der Waals surface area contributed by atoms with E-state index in [1.165, 1.54) is 6.21 Å². The molecule has 2 aliphatic rings. The molecule has 0 saturated heterocycles. The van der Waals surface area contributed by atoms with Crippen LogP contribution in [0.2, 0.25) is 0 Å². The van der Waals surface area contributed by atoms with Gasteiger partial charge in [-0.05, 0) is 52.4 Å². The Labute approximate surface area is 160 Å². The highest BCUT2D eigenvalue weighted by Crippen LogP contribution is 2.44. The van der Waals surface area contributed by atoms with Gasteiger partial charge in [-0.15, -0.1) is 0 Å². The van der Waals surface area contributed by atoms with Gasteiger partial charge >= 0.3 is 17.9 Å². The highest BCUT2D eigenvalue weighted by molar-refractivity contribution is 6.08. The number of carbonyl (C=O) groups excluding carboxylic acids is 3. The van der Waals surface area contributed by atoms with Gasteiger partial charge < -0.3 is 14.2 Å². The predicted octanol–water partition coefficient (Wildman–Crippen LogP) is 2.48. The maximum atomic E-state index is 12.9. The zero-order chi connectivity index (χ0) is 19.9. The van der Waals surface area contributed by atoms with Gasteiger partial charge in [0.15, 0.2) is 0 Å². The molecule has 27 heavy (non-hydrogen) atoms. The minimum atomic E-state index is -1.76. The van der Waals surface area contributed by atoms with Crippen LogP contribution in [0.5, 0.6) is 0 Å². The predicted molar refractivity (Wildman–Crippen MR) is 99.2 cm³/mol. The third-order valence-corrected chi connectivity index (χ3v) is 5.16. The average Bonchev–Trinajstić information content (AvgIpc) is 2.61. The summed E-state index contributed by atoms with van der Waals surface area (Å²) >= 11 is 0. The number of esters is 3. The van der Waals surface area contributed by atoms with Crippen LogP contribution in [0, 0.1) is 17.8 Å². The lowest BCUT2D eigenvalue weighted by molar-refractivity contribution is -0.171. The Balaban J connectivity index is 2.54. The van der Waals surface area contributed by atoms with Crippen LogP contribution in [0.15, 0.2) is 17.1 Å². The fraction of sp³-hybridized carbons (Fsp3) is 0.700. The van der Waals surface area contributed by atoms with E-state index >= 15 is 0 Å². The molecule has 3 atom stereocenters. The number of aliphatic imine (C=N–C) groups is 1. The van der Waals surface area contributed by atoms with Crippen LogP contribution in [-0.4, -0.2) is 49.5 Å². The normalized spacial score (nSPS) is 27.4. The Morgan fingerprint density at radius 2 is 1.48 bits per heavy atom. The second-order valence-electron chi connectivity index (χ2n) is 6.66. The molecule has 1 aliphatic heterocycles. The number of carbonyl (C=O) groups is 3. The van der Waals surface area contributed by atoms with Crippen LogP contribution in [0.25, 0.3) is 0 Å². The smallest absolute Gasteiger partial charge is 0.346 e. The van der Waals surface area contributed by atoms with Crippen LogP contribution in [0.3, 0.4) is 0 Å². The van der Waals surface area contributed by atoms with Gasteiger partial charge in [0, 0.05) is 12.1 Å². The Morgan fingerprint density at radius 3 is 2.04 bits per heavy atom. The highest BCUT2D eigenvalue weighted by atomic mass is 16.6. The van der Waals surface area contributed by atoms with Gasteiger partial charge in [-0.1, -0.05) is 12.2 Å². The van der Waals surface area contributed by atoms with E-state index in [9.17, 15) is 14.4 Å². The summed E-state index contributed by atoms with van der Waals surface area (Å²) in [7, 11) is 0. The zero-order valence-corrected chi connectivity index (χ0v) is 16.3. The number of nitrogens with zero attached hydrogens (tertiary/aromatic N) is 1. The summed E-state index contributed by atoms with van der Waals surface area (Å²) in [4.78, 5) is 42.7. The van der Waals surface area contributed by atoms with Gasteiger partial charge in [0.25, 0.3) is 5.54 Å². The van der Waals surface area contributed by atoms with Crippen molar-refractivity contribution >= 4 is 24.1 Å². The zero-order valence-electron chi connectivity index (χ0n) is 16.3. The van der Waals surface area contributed by atoms with E-state index in [0.717, 1.165) is 6.42 Å². The topological polar surface area (TPSA) is 91.3 Å². The number of fused-ring (bicyclic) bond motifs is 1. The van der Waals surface area contributed by atoms with Crippen molar-refractivity contribution in [2.24, 2.45) is 22.7 Å². The summed E-state index contributed by atoms with van der Waals surface area (Å²) < 4.78 is 15.7. The molecule has 0 radical (unpaired) electrons. The maximum Gasteiger partial charge on any atom is 0.346 e. The lowest BCUT2D eigenvalue weighted by atomic mass is 9.64. The SMILES string of the molecule is CCOC(=O)C1C=NC(C(=O)OCC)(C(=O)OCC)[C@@H]2CC/C=C\CC[C@@H]12. The van der Waals surface area contributed by atoms with Gasteiger partial charge in [0.1, 0.15) is 0 Å². The van der Waals surface area contributed by atoms with Crippen LogP contribution in [0.1, 0.15) is 46.5 Å². The first kappa shape index (κ1) is 21.1.